The SMILES string of the molecule is CC(=O)Nc1cccc(NC(=O)CNS(=O)(=O)c2ccc(C)s2)c1. The number of sulfonamides is 1. The van der Waals surface area contributed by atoms with Crippen LogP contribution in [0.1, 0.15) is 11.8 Å². The molecule has 3 N–H and O–H groups in total. The fraction of sp³-hybridized carbons (Fsp3) is 0.200. The second kappa shape index (κ2) is 7.56. The first-order chi connectivity index (χ1) is 11.3. The Kier molecular flexibility index (Phi) is 5.71. The molecule has 0 aliphatic carbocycles. The molecule has 128 valence electrons. The molecule has 2 aromatic rings. The molecule has 0 radical (unpaired) electrons. The molecule has 24 heavy (non-hydrogen) atoms. The first-order valence-corrected chi connectivity index (χ1v) is 9.30. The number of amides is 2. The predicted octanol–water partition coefficient (Wildman–Crippen LogP) is 1.93. The minimum atomic E-state index is -3.70. The molecule has 0 atom stereocenters. The van der Waals surface area contributed by atoms with Crippen LogP contribution >= 0.6 is 11.3 Å². The van der Waals surface area contributed by atoms with Crippen LogP contribution in [0.4, 0.5) is 11.4 Å². The van der Waals surface area contributed by atoms with Crippen molar-refractivity contribution in [2.75, 3.05) is 17.2 Å². The highest BCUT2D eigenvalue weighted by atomic mass is 32.2. The molecular formula is C15H17N3O4S2. The Bertz CT molecular complexity index is 859. The highest BCUT2D eigenvalue weighted by Crippen LogP contribution is 2.20. The second-order valence-corrected chi connectivity index (χ2v) is 8.28. The molecule has 0 aliphatic heterocycles. The zero-order chi connectivity index (χ0) is 17.7. The summed E-state index contributed by atoms with van der Waals surface area (Å²) in [6, 6.07) is 9.76. The smallest absolute Gasteiger partial charge is 0.250 e. The lowest BCUT2D eigenvalue weighted by molar-refractivity contribution is -0.115. The summed E-state index contributed by atoms with van der Waals surface area (Å²) in [6.07, 6.45) is 0. The number of nitrogens with one attached hydrogen (secondary N) is 3. The van der Waals surface area contributed by atoms with Gasteiger partial charge in [-0.05, 0) is 37.3 Å². The summed E-state index contributed by atoms with van der Waals surface area (Å²) in [7, 11) is -3.70. The van der Waals surface area contributed by atoms with E-state index in [9.17, 15) is 18.0 Å². The van der Waals surface area contributed by atoms with Crippen molar-refractivity contribution in [2.24, 2.45) is 0 Å². The number of benzene rings is 1. The molecule has 2 amide bonds. The minimum Gasteiger partial charge on any atom is -0.326 e. The molecular weight excluding hydrogens is 350 g/mol. The largest absolute Gasteiger partial charge is 0.326 e. The number of carbonyl (C=O) groups is 2. The summed E-state index contributed by atoms with van der Waals surface area (Å²) in [5.41, 5.74) is 0.993. The molecule has 1 aromatic carbocycles. The summed E-state index contributed by atoms with van der Waals surface area (Å²) in [5, 5.41) is 5.17. The van der Waals surface area contributed by atoms with Gasteiger partial charge < -0.3 is 10.6 Å². The third-order valence-corrected chi connectivity index (χ3v) is 5.76. The number of rotatable bonds is 6. The van der Waals surface area contributed by atoms with Crippen molar-refractivity contribution in [2.45, 2.75) is 18.1 Å². The average molecular weight is 367 g/mol. The standard InChI is InChI=1S/C15H17N3O4S2/c1-10-6-7-15(23-10)24(21,22)16-9-14(20)18-13-5-3-4-12(8-13)17-11(2)19/h3-8,16H,9H2,1-2H3,(H,17,19)(H,18,20). The van der Waals surface area contributed by atoms with Crippen LogP contribution in [0.15, 0.2) is 40.6 Å². The van der Waals surface area contributed by atoms with Crippen LogP contribution in [-0.4, -0.2) is 26.8 Å². The van der Waals surface area contributed by atoms with Gasteiger partial charge >= 0.3 is 0 Å². The maximum Gasteiger partial charge on any atom is 0.250 e. The van der Waals surface area contributed by atoms with E-state index in [1.807, 2.05) is 0 Å². The molecule has 0 spiro atoms. The van der Waals surface area contributed by atoms with Gasteiger partial charge in [0.1, 0.15) is 4.21 Å². The molecule has 0 aliphatic rings. The molecule has 2 rings (SSSR count). The number of carbonyl (C=O) groups excluding carboxylic acids is 2. The van der Waals surface area contributed by atoms with E-state index in [1.165, 1.54) is 13.0 Å². The first-order valence-electron chi connectivity index (χ1n) is 7.00. The number of thiophene rings is 1. The van der Waals surface area contributed by atoms with Gasteiger partial charge in [0.2, 0.25) is 11.8 Å². The van der Waals surface area contributed by atoms with E-state index in [0.29, 0.717) is 11.4 Å². The average Bonchev–Trinajstić information content (AvgIpc) is 2.92. The van der Waals surface area contributed by atoms with Crippen LogP contribution in [-0.2, 0) is 19.6 Å². The van der Waals surface area contributed by atoms with Crippen LogP contribution in [0, 0.1) is 6.92 Å². The maximum atomic E-state index is 12.0. The van der Waals surface area contributed by atoms with E-state index < -0.39 is 15.9 Å². The zero-order valence-electron chi connectivity index (χ0n) is 13.1. The quantitative estimate of drug-likeness (QED) is 0.725. The Morgan fingerprint density at radius 3 is 2.33 bits per heavy atom. The van der Waals surface area contributed by atoms with Gasteiger partial charge in [-0.15, -0.1) is 11.3 Å². The number of hydrogen-bond donors (Lipinski definition) is 3. The van der Waals surface area contributed by atoms with Gasteiger partial charge in [-0.1, -0.05) is 6.07 Å². The van der Waals surface area contributed by atoms with E-state index in [4.69, 9.17) is 0 Å². The predicted molar refractivity (Wildman–Crippen MR) is 93.6 cm³/mol. The Labute approximate surface area is 144 Å². The van der Waals surface area contributed by atoms with Gasteiger partial charge in [-0.25, -0.2) is 13.1 Å². The van der Waals surface area contributed by atoms with E-state index in [1.54, 1.807) is 37.3 Å². The normalized spacial score (nSPS) is 11.1. The van der Waals surface area contributed by atoms with Crippen molar-refractivity contribution in [1.82, 2.24) is 4.72 Å². The van der Waals surface area contributed by atoms with E-state index >= 15 is 0 Å². The number of anilines is 2. The molecule has 0 unspecified atom stereocenters. The second-order valence-electron chi connectivity index (χ2n) is 5.00. The summed E-state index contributed by atoms with van der Waals surface area (Å²) < 4.78 is 26.5. The van der Waals surface area contributed by atoms with Crippen LogP contribution in [0.3, 0.4) is 0 Å². The van der Waals surface area contributed by atoms with Crippen molar-refractivity contribution in [3.63, 3.8) is 0 Å². The Hall–Kier alpha value is -2.23. The molecule has 1 heterocycles. The van der Waals surface area contributed by atoms with E-state index in [0.717, 1.165) is 16.2 Å². The lowest BCUT2D eigenvalue weighted by Crippen LogP contribution is -2.32. The monoisotopic (exact) mass is 367 g/mol. The lowest BCUT2D eigenvalue weighted by Gasteiger charge is -2.08. The molecule has 0 saturated carbocycles. The summed E-state index contributed by atoms with van der Waals surface area (Å²) in [4.78, 5) is 23.8. The molecule has 0 bridgehead atoms. The summed E-state index contributed by atoms with van der Waals surface area (Å²) in [6.45, 7) is 2.80. The van der Waals surface area contributed by atoms with Crippen molar-refractivity contribution < 1.29 is 18.0 Å². The molecule has 7 nitrogen and oxygen atoms in total. The first kappa shape index (κ1) is 18.1. The Morgan fingerprint density at radius 1 is 1.08 bits per heavy atom. The third-order valence-electron chi connectivity index (χ3n) is 2.87. The molecule has 0 fully saturated rings. The zero-order valence-corrected chi connectivity index (χ0v) is 14.8. The summed E-state index contributed by atoms with van der Waals surface area (Å²) >= 11 is 1.14. The van der Waals surface area contributed by atoms with E-state index in [2.05, 4.69) is 15.4 Å². The molecule has 9 heteroatoms. The van der Waals surface area contributed by atoms with Gasteiger partial charge in [0, 0.05) is 23.2 Å². The van der Waals surface area contributed by atoms with Crippen LogP contribution in [0.5, 0.6) is 0 Å². The van der Waals surface area contributed by atoms with Gasteiger partial charge in [0.05, 0.1) is 6.54 Å². The Morgan fingerprint density at radius 2 is 1.75 bits per heavy atom. The highest BCUT2D eigenvalue weighted by Gasteiger charge is 2.17. The number of aryl methyl sites for hydroxylation is 1. The Balaban J connectivity index is 1.95. The van der Waals surface area contributed by atoms with Crippen LogP contribution in [0.2, 0.25) is 0 Å². The third kappa shape index (κ3) is 5.15. The van der Waals surface area contributed by atoms with Gasteiger partial charge in [-0.3, -0.25) is 9.59 Å². The van der Waals surface area contributed by atoms with Crippen molar-refractivity contribution in [3.8, 4) is 0 Å². The van der Waals surface area contributed by atoms with Gasteiger partial charge in [0.15, 0.2) is 0 Å². The molecule has 0 saturated heterocycles. The van der Waals surface area contributed by atoms with Crippen LogP contribution < -0.4 is 15.4 Å². The van der Waals surface area contributed by atoms with Gasteiger partial charge in [-0.2, -0.15) is 0 Å². The summed E-state index contributed by atoms with van der Waals surface area (Å²) in [5.74, 6) is -0.732. The van der Waals surface area contributed by atoms with Crippen molar-refractivity contribution in [1.29, 1.82) is 0 Å². The van der Waals surface area contributed by atoms with E-state index in [-0.39, 0.29) is 16.7 Å². The fourth-order valence-corrected chi connectivity index (χ4v) is 4.18. The fourth-order valence-electron chi connectivity index (χ4n) is 1.87. The molecule has 1 aromatic heterocycles. The topological polar surface area (TPSA) is 104 Å². The van der Waals surface area contributed by atoms with Crippen LogP contribution in [0.25, 0.3) is 0 Å². The highest BCUT2D eigenvalue weighted by molar-refractivity contribution is 7.91. The lowest BCUT2D eigenvalue weighted by atomic mass is 10.2. The van der Waals surface area contributed by atoms with Crippen molar-refractivity contribution >= 4 is 44.5 Å². The minimum absolute atomic E-state index is 0.167. The maximum absolute atomic E-state index is 12.0. The van der Waals surface area contributed by atoms with Crippen molar-refractivity contribution in [3.05, 3.63) is 41.3 Å². The van der Waals surface area contributed by atoms with Gasteiger partial charge in [0.25, 0.3) is 10.0 Å². The number of hydrogen-bond acceptors (Lipinski definition) is 5.